The number of hydrogen-bond acceptors (Lipinski definition) is 4. The molecule has 0 aromatic heterocycles. The Balaban J connectivity index is 2.41. The first-order chi connectivity index (χ1) is 10.3. The van der Waals surface area contributed by atoms with E-state index in [1.165, 1.54) is 0 Å². The van der Waals surface area contributed by atoms with Crippen LogP contribution >= 0.6 is 0 Å². The molecule has 0 radical (unpaired) electrons. The third-order valence-corrected chi connectivity index (χ3v) is 3.74. The minimum absolute atomic E-state index is 0.00776. The second kappa shape index (κ2) is 8.63. The van der Waals surface area contributed by atoms with Crippen molar-refractivity contribution < 1.29 is 9.90 Å². The molecule has 0 aliphatic rings. The number of carbonyl (C=O) groups excluding carboxylic acids is 1. The lowest BCUT2D eigenvalue weighted by molar-refractivity contribution is -0.125. The zero-order valence-electron chi connectivity index (χ0n) is 14.1. The molecule has 22 heavy (non-hydrogen) atoms. The predicted octanol–water partition coefficient (Wildman–Crippen LogP) is 1.86. The molecule has 0 fully saturated rings. The van der Waals surface area contributed by atoms with Crippen LogP contribution in [0.25, 0.3) is 0 Å². The molecule has 124 valence electrons. The lowest BCUT2D eigenvalue weighted by Gasteiger charge is -2.18. The van der Waals surface area contributed by atoms with Crippen LogP contribution in [0.2, 0.25) is 0 Å². The van der Waals surface area contributed by atoms with Gasteiger partial charge in [-0.3, -0.25) is 4.79 Å². The number of amides is 1. The van der Waals surface area contributed by atoms with E-state index >= 15 is 0 Å². The van der Waals surface area contributed by atoms with Crippen LogP contribution in [0.15, 0.2) is 18.2 Å². The zero-order valence-corrected chi connectivity index (χ0v) is 14.1. The Morgan fingerprint density at radius 1 is 1.36 bits per heavy atom. The van der Waals surface area contributed by atoms with E-state index in [0.29, 0.717) is 18.2 Å². The fourth-order valence-electron chi connectivity index (χ4n) is 2.50. The number of phenols is 1. The number of nitrogen functional groups attached to an aromatic ring is 1. The molecule has 1 aromatic rings. The summed E-state index contributed by atoms with van der Waals surface area (Å²) in [6, 6.07) is 5.30. The molecule has 0 bridgehead atoms. The SMILES string of the molecule is CC(C[C@@H](C)Cc1ccc(O)c(N)c1)C(=O)NCCN(C)C. The molecule has 1 rings (SSSR count). The Morgan fingerprint density at radius 3 is 2.64 bits per heavy atom. The monoisotopic (exact) mass is 307 g/mol. The Labute approximate surface area is 133 Å². The Morgan fingerprint density at radius 2 is 2.05 bits per heavy atom. The van der Waals surface area contributed by atoms with Crippen LogP contribution in [0.1, 0.15) is 25.8 Å². The fourth-order valence-corrected chi connectivity index (χ4v) is 2.50. The Kier molecular flexibility index (Phi) is 7.18. The van der Waals surface area contributed by atoms with Gasteiger partial charge in [0.05, 0.1) is 5.69 Å². The zero-order chi connectivity index (χ0) is 16.7. The number of aromatic hydroxyl groups is 1. The van der Waals surface area contributed by atoms with Crippen LogP contribution < -0.4 is 11.1 Å². The topological polar surface area (TPSA) is 78.6 Å². The number of likely N-dealkylation sites (N-methyl/N-ethyl adjacent to an activating group) is 1. The van der Waals surface area contributed by atoms with Gasteiger partial charge in [0.15, 0.2) is 0 Å². The minimum atomic E-state index is -0.00776. The smallest absolute Gasteiger partial charge is 0.222 e. The average molecular weight is 307 g/mol. The molecule has 0 saturated carbocycles. The van der Waals surface area contributed by atoms with Gasteiger partial charge in [0.2, 0.25) is 5.91 Å². The third-order valence-electron chi connectivity index (χ3n) is 3.74. The van der Waals surface area contributed by atoms with Crippen molar-refractivity contribution in [2.24, 2.45) is 11.8 Å². The lowest BCUT2D eigenvalue weighted by Crippen LogP contribution is -2.35. The quantitative estimate of drug-likeness (QED) is 0.506. The molecule has 0 saturated heterocycles. The van der Waals surface area contributed by atoms with E-state index in [0.717, 1.165) is 24.9 Å². The number of rotatable bonds is 8. The van der Waals surface area contributed by atoms with E-state index in [4.69, 9.17) is 5.73 Å². The first-order valence-corrected chi connectivity index (χ1v) is 7.79. The van der Waals surface area contributed by atoms with Crippen LogP contribution in [-0.4, -0.2) is 43.1 Å². The summed E-state index contributed by atoms with van der Waals surface area (Å²) in [5.74, 6) is 0.592. The highest BCUT2D eigenvalue weighted by atomic mass is 16.3. The normalized spacial score (nSPS) is 13.9. The number of nitrogens with zero attached hydrogens (tertiary/aromatic N) is 1. The van der Waals surface area contributed by atoms with Gasteiger partial charge in [-0.1, -0.05) is 19.9 Å². The highest BCUT2D eigenvalue weighted by molar-refractivity contribution is 5.78. The van der Waals surface area contributed by atoms with Crippen LogP contribution in [0.3, 0.4) is 0 Å². The van der Waals surface area contributed by atoms with E-state index in [-0.39, 0.29) is 17.6 Å². The second-order valence-corrected chi connectivity index (χ2v) is 6.43. The van der Waals surface area contributed by atoms with Gasteiger partial charge in [0, 0.05) is 19.0 Å². The second-order valence-electron chi connectivity index (χ2n) is 6.43. The van der Waals surface area contributed by atoms with Crippen molar-refractivity contribution >= 4 is 11.6 Å². The maximum absolute atomic E-state index is 12.0. The van der Waals surface area contributed by atoms with Gasteiger partial charge in [-0.15, -0.1) is 0 Å². The molecule has 2 atom stereocenters. The maximum atomic E-state index is 12.0. The predicted molar refractivity (Wildman–Crippen MR) is 90.7 cm³/mol. The van der Waals surface area contributed by atoms with E-state index in [1.807, 2.05) is 32.0 Å². The maximum Gasteiger partial charge on any atom is 0.222 e. The number of nitrogens with two attached hydrogens (primary N) is 1. The molecular formula is C17H29N3O2. The van der Waals surface area contributed by atoms with E-state index < -0.39 is 0 Å². The van der Waals surface area contributed by atoms with Crippen LogP contribution in [0.4, 0.5) is 5.69 Å². The lowest BCUT2D eigenvalue weighted by atomic mass is 9.91. The van der Waals surface area contributed by atoms with Gasteiger partial charge < -0.3 is 21.1 Å². The molecule has 0 aliphatic carbocycles. The molecule has 0 heterocycles. The number of anilines is 1. The highest BCUT2D eigenvalue weighted by Crippen LogP contribution is 2.24. The number of carbonyl (C=O) groups is 1. The third kappa shape index (κ3) is 6.35. The largest absolute Gasteiger partial charge is 0.506 e. The van der Waals surface area contributed by atoms with Crippen LogP contribution in [0, 0.1) is 11.8 Å². The van der Waals surface area contributed by atoms with E-state index in [2.05, 4.69) is 12.2 Å². The molecule has 1 aromatic carbocycles. The van der Waals surface area contributed by atoms with Crippen molar-refractivity contribution in [1.29, 1.82) is 0 Å². The average Bonchev–Trinajstić information content (AvgIpc) is 2.42. The molecule has 1 unspecified atom stereocenters. The number of nitrogens with one attached hydrogen (secondary N) is 1. The van der Waals surface area contributed by atoms with Crippen LogP contribution in [0.5, 0.6) is 5.75 Å². The summed E-state index contributed by atoms with van der Waals surface area (Å²) >= 11 is 0. The Bertz CT molecular complexity index is 489. The van der Waals surface area contributed by atoms with Crippen molar-refractivity contribution in [3.63, 3.8) is 0 Å². The van der Waals surface area contributed by atoms with Crippen molar-refractivity contribution in [1.82, 2.24) is 10.2 Å². The van der Waals surface area contributed by atoms with Gasteiger partial charge in [-0.2, -0.15) is 0 Å². The van der Waals surface area contributed by atoms with Crippen molar-refractivity contribution in [2.75, 3.05) is 32.9 Å². The fraction of sp³-hybridized carbons (Fsp3) is 0.588. The molecule has 1 amide bonds. The van der Waals surface area contributed by atoms with Gasteiger partial charge in [-0.25, -0.2) is 0 Å². The summed E-state index contributed by atoms with van der Waals surface area (Å²) in [5, 5.41) is 12.4. The van der Waals surface area contributed by atoms with Gasteiger partial charge >= 0.3 is 0 Å². The summed E-state index contributed by atoms with van der Waals surface area (Å²) < 4.78 is 0. The Hall–Kier alpha value is -1.75. The van der Waals surface area contributed by atoms with Crippen LogP contribution in [-0.2, 0) is 11.2 Å². The van der Waals surface area contributed by atoms with Gasteiger partial charge in [0.25, 0.3) is 0 Å². The molecular weight excluding hydrogens is 278 g/mol. The van der Waals surface area contributed by atoms with Crippen molar-refractivity contribution in [2.45, 2.75) is 26.7 Å². The summed E-state index contributed by atoms with van der Waals surface area (Å²) in [6.45, 7) is 5.62. The molecule has 4 N–H and O–H groups in total. The number of benzene rings is 1. The first kappa shape index (κ1) is 18.3. The first-order valence-electron chi connectivity index (χ1n) is 7.79. The number of phenolic OH excluding ortho intramolecular Hbond substituents is 1. The van der Waals surface area contributed by atoms with E-state index in [1.54, 1.807) is 12.1 Å². The van der Waals surface area contributed by atoms with Gasteiger partial charge in [-0.05, 0) is 50.6 Å². The highest BCUT2D eigenvalue weighted by Gasteiger charge is 2.16. The van der Waals surface area contributed by atoms with Gasteiger partial charge in [0.1, 0.15) is 5.75 Å². The number of hydrogen-bond donors (Lipinski definition) is 3. The minimum Gasteiger partial charge on any atom is -0.506 e. The van der Waals surface area contributed by atoms with Crippen molar-refractivity contribution in [3.8, 4) is 5.75 Å². The molecule has 0 spiro atoms. The molecule has 0 aliphatic heterocycles. The summed E-state index contributed by atoms with van der Waals surface area (Å²) in [5.41, 5.74) is 7.20. The summed E-state index contributed by atoms with van der Waals surface area (Å²) in [7, 11) is 3.97. The summed E-state index contributed by atoms with van der Waals surface area (Å²) in [4.78, 5) is 14.1. The summed E-state index contributed by atoms with van der Waals surface area (Å²) in [6.07, 6.45) is 1.67. The van der Waals surface area contributed by atoms with Crippen molar-refractivity contribution in [3.05, 3.63) is 23.8 Å². The van der Waals surface area contributed by atoms with E-state index in [9.17, 15) is 9.90 Å². The molecule has 5 nitrogen and oxygen atoms in total. The standard InChI is InChI=1S/C17H29N3O2/c1-12(10-14-5-6-16(21)15(18)11-14)9-13(2)17(22)19-7-8-20(3)4/h5-6,11-13,21H,7-10,18H2,1-4H3,(H,19,22)/t12-,13?/m1/s1. The molecule has 5 heteroatoms.